The Kier molecular flexibility index (Phi) is 3.11. The Labute approximate surface area is 119 Å². The van der Waals surface area contributed by atoms with Gasteiger partial charge in [0.15, 0.2) is 0 Å². The quantitative estimate of drug-likeness (QED) is 0.844. The van der Waals surface area contributed by atoms with Crippen LogP contribution in [-0.2, 0) is 6.18 Å². The van der Waals surface area contributed by atoms with Crippen molar-refractivity contribution in [2.45, 2.75) is 26.1 Å². The smallest absolute Gasteiger partial charge is 0.416 e. The molecule has 0 saturated carbocycles. The minimum Gasteiger partial charge on any atom is -0.482 e. The van der Waals surface area contributed by atoms with E-state index in [0.29, 0.717) is 18.0 Å². The van der Waals surface area contributed by atoms with E-state index in [2.05, 4.69) is 5.32 Å². The molecule has 2 heterocycles. The summed E-state index contributed by atoms with van der Waals surface area (Å²) in [4.78, 5) is 0. The number of anilines is 1. The van der Waals surface area contributed by atoms with Crippen molar-refractivity contribution < 1.29 is 22.3 Å². The number of hydrogen-bond donors (Lipinski definition) is 1. The zero-order chi connectivity index (χ0) is 15.2. The molecular formula is C15H14F3NO2. The fourth-order valence-electron chi connectivity index (χ4n) is 2.49. The second-order valence-electron chi connectivity index (χ2n) is 5.06. The van der Waals surface area contributed by atoms with Crippen LogP contribution in [0.4, 0.5) is 18.9 Å². The molecular weight excluding hydrogens is 283 g/mol. The van der Waals surface area contributed by atoms with Gasteiger partial charge in [-0.3, -0.25) is 0 Å². The first kappa shape index (κ1) is 13.9. The molecule has 6 heteroatoms. The van der Waals surface area contributed by atoms with Crippen LogP contribution in [0.3, 0.4) is 0 Å². The van der Waals surface area contributed by atoms with Gasteiger partial charge in [-0.2, -0.15) is 13.2 Å². The molecule has 0 bridgehead atoms. The van der Waals surface area contributed by atoms with Crippen LogP contribution in [0.15, 0.2) is 28.7 Å². The first-order valence-corrected chi connectivity index (χ1v) is 6.53. The highest BCUT2D eigenvalue weighted by molar-refractivity contribution is 5.60. The summed E-state index contributed by atoms with van der Waals surface area (Å²) in [6, 6.07) is 5.33. The molecule has 2 aromatic rings. The van der Waals surface area contributed by atoms with E-state index in [9.17, 15) is 13.2 Å². The number of fused-ring (bicyclic) bond motifs is 1. The molecule has 0 fully saturated rings. The van der Waals surface area contributed by atoms with Crippen LogP contribution in [0.2, 0.25) is 0 Å². The molecule has 1 aromatic heterocycles. The summed E-state index contributed by atoms with van der Waals surface area (Å²) in [5.74, 6) is 1.96. The van der Waals surface area contributed by atoms with Crippen molar-refractivity contribution in [1.29, 1.82) is 0 Å². The number of furan rings is 1. The van der Waals surface area contributed by atoms with Crippen molar-refractivity contribution in [1.82, 2.24) is 0 Å². The van der Waals surface area contributed by atoms with Gasteiger partial charge in [0, 0.05) is 5.56 Å². The number of hydrogen-bond acceptors (Lipinski definition) is 3. The van der Waals surface area contributed by atoms with Crippen LogP contribution in [0.25, 0.3) is 0 Å². The maximum absolute atomic E-state index is 12.7. The van der Waals surface area contributed by atoms with E-state index in [-0.39, 0.29) is 6.10 Å². The predicted molar refractivity (Wildman–Crippen MR) is 71.5 cm³/mol. The van der Waals surface area contributed by atoms with Crippen LogP contribution < -0.4 is 10.1 Å². The van der Waals surface area contributed by atoms with Crippen LogP contribution >= 0.6 is 0 Å². The third kappa shape index (κ3) is 2.57. The lowest BCUT2D eigenvalue weighted by Gasteiger charge is -2.27. The molecule has 1 aliphatic heterocycles. The topological polar surface area (TPSA) is 34.4 Å². The van der Waals surface area contributed by atoms with Gasteiger partial charge < -0.3 is 14.5 Å². The van der Waals surface area contributed by atoms with Crippen molar-refractivity contribution in [3.63, 3.8) is 0 Å². The van der Waals surface area contributed by atoms with E-state index in [1.54, 1.807) is 0 Å². The van der Waals surface area contributed by atoms with Crippen molar-refractivity contribution >= 4 is 5.69 Å². The molecule has 0 amide bonds. The van der Waals surface area contributed by atoms with Crippen molar-refractivity contribution in [2.75, 3.05) is 11.9 Å². The van der Waals surface area contributed by atoms with Gasteiger partial charge in [-0.25, -0.2) is 0 Å². The Bertz CT molecular complexity index is 676. The molecule has 0 aliphatic carbocycles. The number of ether oxygens (including phenoxy) is 1. The highest BCUT2D eigenvalue weighted by Crippen LogP contribution is 2.39. The van der Waals surface area contributed by atoms with Gasteiger partial charge >= 0.3 is 6.18 Å². The van der Waals surface area contributed by atoms with E-state index in [4.69, 9.17) is 9.15 Å². The van der Waals surface area contributed by atoms with Crippen LogP contribution in [-0.4, -0.2) is 6.54 Å². The predicted octanol–water partition coefficient (Wildman–Crippen LogP) is 4.46. The third-order valence-corrected chi connectivity index (χ3v) is 3.48. The molecule has 1 unspecified atom stereocenters. The first-order valence-electron chi connectivity index (χ1n) is 6.53. The molecule has 3 nitrogen and oxygen atoms in total. The maximum atomic E-state index is 12.7. The van der Waals surface area contributed by atoms with Crippen LogP contribution in [0.1, 0.15) is 28.8 Å². The fraction of sp³-hybridized carbons (Fsp3) is 0.333. The van der Waals surface area contributed by atoms with Crippen LogP contribution in [0, 0.1) is 13.8 Å². The van der Waals surface area contributed by atoms with Crippen molar-refractivity contribution in [3.8, 4) is 5.75 Å². The highest BCUT2D eigenvalue weighted by Gasteiger charge is 2.32. The van der Waals surface area contributed by atoms with Gasteiger partial charge in [0.2, 0.25) is 0 Å². The normalized spacial score (nSPS) is 17.9. The van der Waals surface area contributed by atoms with E-state index in [0.717, 1.165) is 29.2 Å². The monoisotopic (exact) mass is 297 g/mol. The molecule has 1 aromatic carbocycles. The molecule has 0 spiro atoms. The number of nitrogens with one attached hydrogen (secondary N) is 1. The molecule has 3 rings (SSSR count). The van der Waals surface area contributed by atoms with E-state index in [1.165, 1.54) is 6.07 Å². The van der Waals surface area contributed by atoms with E-state index >= 15 is 0 Å². The lowest BCUT2D eigenvalue weighted by Crippen LogP contribution is -2.24. The van der Waals surface area contributed by atoms with Crippen LogP contribution in [0.5, 0.6) is 5.75 Å². The number of aryl methyl sites for hydroxylation is 2. The van der Waals surface area contributed by atoms with Crippen molar-refractivity contribution in [3.05, 3.63) is 46.9 Å². The Balaban J connectivity index is 1.88. The van der Waals surface area contributed by atoms with Gasteiger partial charge in [-0.05, 0) is 38.1 Å². The summed E-state index contributed by atoms with van der Waals surface area (Å²) in [5, 5.41) is 2.99. The second kappa shape index (κ2) is 4.72. The van der Waals surface area contributed by atoms with E-state index < -0.39 is 11.7 Å². The Morgan fingerprint density at radius 3 is 2.57 bits per heavy atom. The molecule has 112 valence electrons. The summed E-state index contributed by atoms with van der Waals surface area (Å²) in [6.45, 7) is 4.08. The summed E-state index contributed by atoms with van der Waals surface area (Å²) in [6.07, 6.45) is -4.63. The number of benzene rings is 1. The Hall–Kier alpha value is -2.11. The molecule has 0 radical (unpaired) electrons. The second-order valence-corrected chi connectivity index (χ2v) is 5.06. The van der Waals surface area contributed by atoms with Gasteiger partial charge in [0.1, 0.15) is 23.4 Å². The van der Waals surface area contributed by atoms with Gasteiger partial charge in [-0.15, -0.1) is 0 Å². The lowest BCUT2D eigenvalue weighted by molar-refractivity contribution is -0.137. The minimum absolute atomic E-state index is 0.272. The third-order valence-electron chi connectivity index (χ3n) is 3.48. The summed E-state index contributed by atoms with van der Waals surface area (Å²) in [5.41, 5.74) is 0.579. The number of rotatable bonds is 1. The highest BCUT2D eigenvalue weighted by atomic mass is 19.4. The summed E-state index contributed by atoms with van der Waals surface area (Å²) in [7, 11) is 0. The number of halogens is 3. The maximum Gasteiger partial charge on any atom is 0.416 e. The van der Waals surface area contributed by atoms with Gasteiger partial charge in [0.05, 0.1) is 17.8 Å². The average molecular weight is 297 g/mol. The SMILES string of the molecule is Cc1cc(C2CNc3cc(C(F)(F)F)ccc3O2)c(C)o1. The fourth-order valence-corrected chi connectivity index (χ4v) is 2.49. The summed E-state index contributed by atoms with van der Waals surface area (Å²) < 4.78 is 49.3. The number of alkyl halides is 3. The van der Waals surface area contributed by atoms with E-state index in [1.807, 2.05) is 19.9 Å². The molecule has 1 aliphatic rings. The zero-order valence-electron chi connectivity index (χ0n) is 11.5. The first-order chi connectivity index (χ1) is 9.84. The van der Waals surface area contributed by atoms with Gasteiger partial charge in [-0.1, -0.05) is 0 Å². The molecule has 1 N–H and O–H groups in total. The Morgan fingerprint density at radius 2 is 1.95 bits per heavy atom. The minimum atomic E-state index is -4.36. The Morgan fingerprint density at radius 1 is 1.19 bits per heavy atom. The molecule has 21 heavy (non-hydrogen) atoms. The molecule has 0 saturated heterocycles. The molecule has 1 atom stereocenters. The zero-order valence-corrected chi connectivity index (χ0v) is 11.5. The largest absolute Gasteiger partial charge is 0.482 e. The standard InChI is InChI=1S/C15H14F3NO2/c1-8-5-11(9(2)20-8)14-7-19-12-6-10(15(16,17)18)3-4-13(12)21-14/h3-6,14,19H,7H2,1-2H3. The average Bonchev–Trinajstić information content (AvgIpc) is 2.75. The van der Waals surface area contributed by atoms with Gasteiger partial charge in [0.25, 0.3) is 0 Å². The summed E-state index contributed by atoms with van der Waals surface area (Å²) >= 11 is 0. The van der Waals surface area contributed by atoms with Crippen molar-refractivity contribution in [2.24, 2.45) is 0 Å². The lowest BCUT2D eigenvalue weighted by atomic mass is 10.1.